The minimum absolute atomic E-state index is 0.185. The molecule has 0 fully saturated rings. The molecule has 0 bridgehead atoms. The van der Waals surface area contributed by atoms with Crippen LogP contribution in [0.25, 0.3) is 0 Å². The maximum absolute atomic E-state index is 12.0. The summed E-state index contributed by atoms with van der Waals surface area (Å²) in [5.41, 5.74) is 2.30. The Bertz CT molecular complexity index is 651. The number of amides is 1. The number of benzene rings is 1. The third-order valence-electron chi connectivity index (χ3n) is 2.94. The third kappa shape index (κ3) is 2.70. The Morgan fingerprint density at radius 2 is 2.20 bits per heavy atom. The van der Waals surface area contributed by atoms with Gasteiger partial charge in [0.25, 0.3) is 5.91 Å². The zero-order valence-electron chi connectivity index (χ0n) is 10.9. The molecule has 1 aliphatic heterocycles. The number of rotatable bonds is 3. The van der Waals surface area contributed by atoms with Crippen molar-refractivity contribution in [2.75, 3.05) is 5.32 Å². The topological polar surface area (TPSA) is 63.6 Å². The lowest BCUT2D eigenvalue weighted by atomic mass is 10.0. The van der Waals surface area contributed by atoms with E-state index in [9.17, 15) is 4.79 Å². The van der Waals surface area contributed by atoms with Crippen molar-refractivity contribution in [3.8, 4) is 0 Å². The standard InChI is InChI=1S/C14H13N3O2S/c1-9-8-20-14(15-9)16-13(18)11-7-12(19-17-11)10-5-3-2-4-6-10/h2-6,8,12H,7H2,1H3,(H,15,16,18). The van der Waals surface area contributed by atoms with Crippen LogP contribution in [0.1, 0.15) is 23.8 Å². The summed E-state index contributed by atoms with van der Waals surface area (Å²) in [5, 5.41) is 9.08. The smallest absolute Gasteiger partial charge is 0.275 e. The van der Waals surface area contributed by atoms with Crippen LogP contribution in [0.15, 0.2) is 40.9 Å². The zero-order valence-corrected chi connectivity index (χ0v) is 11.7. The number of aryl methyl sites for hydroxylation is 1. The Morgan fingerprint density at radius 3 is 2.90 bits per heavy atom. The van der Waals surface area contributed by atoms with Gasteiger partial charge in [-0.15, -0.1) is 11.3 Å². The molecule has 20 heavy (non-hydrogen) atoms. The molecule has 1 unspecified atom stereocenters. The summed E-state index contributed by atoms with van der Waals surface area (Å²) in [5.74, 6) is -0.252. The normalized spacial score (nSPS) is 17.4. The highest BCUT2D eigenvalue weighted by Gasteiger charge is 2.27. The lowest BCUT2D eigenvalue weighted by molar-refractivity contribution is -0.110. The first-order chi connectivity index (χ1) is 9.72. The predicted molar refractivity (Wildman–Crippen MR) is 77.8 cm³/mol. The van der Waals surface area contributed by atoms with E-state index >= 15 is 0 Å². The minimum Gasteiger partial charge on any atom is -0.387 e. The molecule has 0 radical (unpaired) electrons. The monoisotopic (exact) mass is 287 g/mol. The summed E-state index contributed by atoms with van der Waals surface area (Å²) in [6.07, 6.45) is 0.287. The van der Waals surface area contributed by atoms with Crippen LogP contribution in [-0.2, 0) is 9.63 Å². The van der Waals surface area contributed by atoms with Gasteiger partial charge in [-0.2, -0.15) is 0 Å². The van der Waals surface area contributed by atoms with E-state index in [1.165, 1.54) is 11.3 Å². The molecule has 1 amide bonds. The fourth-order valence-electron chi connectivity index (χ4n) is 1.94. The van der Waals surface area contributed by atoms with Crippen molar-refractivity contribution in [3.63, 3.8) is 0 Å². The lowest BCUT2D eigenvalue weighted by Gasteiger charge is -2.07. The molecule has 102 valence electrons. The van der Waals surface area contributed by atoms with Crippen LogP contribution in [0.2, 0.25) is 0 Å². The molecule has 1 aromatic carbocycles. The highest BCUT2D eigenvalue weighted by atomic mass is 32.1. The van der Waals surface area contributed by atoms with E-state index < -0.39 is 0 Å². The summed E-state index contributed by atoms with van der Waals surface area (Å²) < 4.78 is 0. The van der Waals surface area contributed by atoms with E-state index in [1.54, 1.807) is 0 Å². The summed E-state index contributed by atoms with van der Waals surface area (Å²) >= 11 is 1.39. The van der Waals surface area contributed by atoms with Gasteiger partial charge in [0.2, 0.25) is 0 Å². The number of nitrogens with one attached hydrogen (secondary N) is 1. The molecule has 1 aliphatic rings. The van der Waals surface area contributed by atoms with Gasteiger partial charge in [0.15, 0.2) is 11.2 Å². The Labute approximate surface area is 120 Å². The van der Waals surface area contributed by atoms with E-state index in [1.807, 2.05) is 42.6 Å². The SMILES string of the molecule is Cc1csc(NC(=O)C2=NOC(c3ccccc3)C2)n1. The number of hydrogen-bond acceptors (Lipinski definition) is 5. The van der Waals surface area contributed by atoms with Gasteiger partial charge in [-0.05, 0) is 12.5 Å². The molecular formula is C14H13N3O2S. The van der Waals surface area contributed by atoms with E-state index in [-0.39, 0.29) is 12.0 Å². The average Bonchev–Trinajstić information content (AvgIpc) is 3.09. The van der Waals surface area contributed by atoms with Crippen molar-refractivity contribution < 1.29 is 9.63 Å². The molecule has 1 aromatic heterocycles. The van der Waals surface area contributed by atoms with Gasteiger partial charge in [0.1, 0.15) is 5.71 Å². The molecule has 0 saturated heterocycles. The quantitative estimate of drug-likeness (QED) is 0.944. The number of carbonyl (C=O) groups excluding carboxylic acids is 1. The van der Waals surface area contributed by atoms with Crippen molar-refractivity contribution in [1.29, 1.82) is 0 Å². The van der Waals surface area contributed by atoms with Crippen molar-refractivity contribution in [2.45, 2.75) is 19.4 Å². The van der Waals surface area contributed by atoms with E-state index in [4.69, 9.17) is 4.84 Å². The average molecular weight is 287 g/mol. The summed E-state index contributed by atoms with van der Waals surface area (Å²) in [4.78, 5) is 21.6. The molecule has 0 aliphatic carbocycles. The molecule has 1 N–H and O–H groups in total. The first-order valence-electron chi connectivity index (χ1n) is 6.23. The molecule has 0 spiro atoms. The Hall–Kier alpha value is -2.21. The number of hydrogen-bond donors (Lipinski definition) is 1. The molecule has 2 aromatic rings. The highest BCUT2D eigenvalue weighted by molar-refractivity contribution is 7.14. The van der Waals surface area contributed by atoms with Crippen LogP contribution in [0.3, 0.4) is 0 Å². The largest absolute Gasteiger partial charge is 0.387 e. The molecule has 2 heterocycles. The fourth-order valence-corrected chi connectivity index (χ4v) is 2.62. The first-order valence-corrected chi connectivity index (χ1v) is 7.11. The Morgan fingerprint density at radius 1 is 1.40 bits per heavy atom. The first kappa shape index (κ1) is 12.8. The van der Waals surface area contributed by atoms with Gasteiger partial charge >= 0.3 is 0 Å². The fraction of sp³-hybridized carbons (Fsp3) is 0.214. The van der Waals surface area contributed by atoms with Crippen LogP contribution in [0.5, 0.6) is 0 Å². The third-order valence-corrected chi connectivity index (χ3v) is 3.82. The maximum Gasteiger partial charge on any atom is 0.275 e. The number of carbonyl (C=O) groups is 1. The van der Waals surface area contributed by atoms with Crippen LogP contribution < -0.4 is 5.32 Å². The van der Waals surface area contributed by atoms with E-state index in [2.05, 4.69) is 15.5 Å². The van der Waals surface area contributed by atoms with Gasteiger partial charge in [-0.1, -0.05) is 35.5 Å². The van der Waals surface area contributed by atoms with Crippen LogP contribution in [0, 0.1) is 6.92 Å². The van der Waals surface area contributed by atoms with Crippen molar-refractivity contribution >= 4 is 28.1 Å². The molecule has 0 saturated carbocycles. The number of aromatic nitrogens is 1. The van der Waals surface area contributed by atoms with E-state index in [0.717, 1.165) is 11.3 Å². The lowest BCUT2D eigenvalue weighted by Crippen LogP contribution is -2.21. The molecule has 1 atom stereocenters. The van der Waals surface area contributed by atoms with Crippen LogP contribution in [0.4, 0.5) is 5.13 Å². The number of oxime groups is 1. The summed E-state index contributed by atoms with van der Waals surface area (Å²) in [6, 6.07) is 9.75. The summed E-state index contributed by atoms with van der Waals surface area (Å²) in [7, 11) is 0. The molecule has 6 heteroatoms. The van der Waals surface area contributed by atoms with Crippen molar-refractivity contribution in [1.82, 2.24) is 4.98 Å². The number of nitrogens with zero attached hydrogens (tertiary/aromatic N) is 2. The second-order valence-electron chi connectivity index (χ2n) is 4.50. The second kappa shape index (κ2) is 5.42. The van der Waals surface area contributed by atoms with Crippen molar-refractivity contribution in [2.24, 2.45) is 5.16 Å². The van der Waals surface area contributed by atoms with Crippen LogP contribution >= 0.6 is 11.3 Å². The van der Waals surface area contributed by atoms with Gasteiger partial charge < -0.3 is 4.84 Å². The van der Waals surface area contributed by atoms with Gasteiger partial charge in [-0.25, -0.2) is 4.98 Å². The summed E-state index contributed by atoms with van der Waals surface area (Å²) in [6.45, 7) is 1.88. The molecule has 5 nitrogen and oxygen atoms in total. The van der Waals surface area contributed by atoms with Gasteiger partial charge in [-0.3, -0.25) is 10.1 Å². The van der Waals surface area contributed by atoms with Crippen molar-refractivity contribution in [3.05, 3.63) is 47.0 Å². The highest BCUT2D eigenvalue weighted by Crippen LogP contribution is 2.27. The predicted octanol–water partition coefficient (Wildman–Crippen LogP) is 2.91. The van der Waals surface area contributed by atoms with E-state index in [0.29, 0.717) is 17.3 Å². The number of thiazole rings is 1. The van der Waals surface area contributed by atoms with Crippen LogP contribution in [-0.4, -0.2) is 16.6 Å². The Kier molecular flexibility index (Phi) is 3.47. The Balaban J connectivity index is 1.63. The molecule has 3 rings (SSSR count). The second-order valence-corrected chi connectivity index (χ2v) is 5.35. The maximum atomic E-state index is 12.0. The minimum atomic E-state index is -0.252. The van der Waals surface area contributed by atoms with Gasteiger partial charge in [0, 0.05) is 11.8 Å². The number of anilines is 1. The molecular weight excluding hydrogens is 274 g/mol. The van der Waals surface area contributed by atoms with Gasteiger partial charge in [0.05, 0.1) is 5.69 Å². The zero-order chi connectivity index (χ0) is 13.9.